The van der Waals surface area contributed by atoms with Gasteiger partial charge in [0.05, 0.1) is 12.7 Å². The lowest BCUT2D eigenvalue weighted by atomic mass is 10.0. The molecule has 1 aromatic carbocycles. The van der Waals surface area contributed by atoms with Crippen LogP contribution in [0.25, 0.3) is 0 Å². The van der Waals surface area contributed by atoms with E-state index in [1.54, 1.807) is 19.1 Å². The smallest absolute Gasteiger partial charge is 0.299 e. The van der Waals surface area contributed by atoms with Crippen molar-refractivity contribution in [1.29, 1.82) is 0 Å². The summed E-state index contributed by atoms with van der Waals surface area (Å²) in [5.41, 5.74) is 0.161. The zero-order valence-electron chi connectivity index (χ0n) is 8.05. The van der Waals surface area contributed by atoms with Gasteiger partial charge in [0.15, 0.2) is 0 Å². The van der Waals surface area contributed by atoms with Gasteiger partial charge in [-0.15, -0.1) is 0 Å². The summed E-state index contributed by atoms with van der Waals surface area (Å²) >= 11 is 0. The summed E-state index contributed by atoms with van der Waals surface area (Å²) < 4.78 is 31.4. The van der Waals surface area contributed by atoms with E-state index in [2.05, 4.69) is 0 Å². The van der Waals surface area contributed by atoms with Crippen LogP contribution in [0.15, 0.2) is 18.2 Å². The second kappa shape index (κ2) is 3.92. The highest BCUT2D eigenvalue weighted by molar-refractivity contribution is 5.42. The minimum Gasteiger partial charge on any atom is -0.496 e. The van der Waals surface area contributed by atoms with Crippen LogP contribution in [0, 0.1) is 6.92 Å². The van der Waals surface area contributed by atoms with Crippen molar-refractivity contribution < 1.29 is 18.6 Å². The van der Waals surface area contributed by atoms with E-state index >= 15 is 0 Å². The van der Waals surface area contributed by atoms with Gasteiger partial charge in [-0.05, 0) is 18.6 Å². The SMILES string of the molecule is COc1cccc(C)c1C(F)(F)CO. The molecule has 78 valence electrons. The van der Waals surface area contributed by atoms with E-state index in [-0.39, 0.29) is 11.3 Å². The first-order chi connectivity index (χ1) is 6.53. The molecule has 1 aromatic rings. The third-order valence-electron chi connectivity index (χ3n) is 2.02. The molecular weight excluding hydrogens is 190 g/mol. The van der Waals surface area contributed by atoms with Gasteiger partial charge in [-0.25, -0.2) is 0 Å². The summed E-state index contributed by atoms with van der Waals surface area (Å²) in [6.07, 6.45) is 0. The Hall–Kier alpha value is -1.16. The Morgan fingerprint density at radius 2 is 2.07 bits per heavy atom. The first kappa shape index (κ1) is 10.9. The van der Waals surface area contributed by atoms with Crippen LogP contribution in [0.1, 0.15) is 11.1 Å². The van der Waals surface area contributed by atoms with Gasteiger partial charge in [0.2, 0.25) is 0 Å². The van der Waals surface area contributed by atoms with E-state index < -0.39 is 12.5 Å². The van der Waals surface area contributed by atoms with Crippen molar-refractivity contribution in [2.75, 3.05) is 13.7 Å². The van der Waals surface area contributed by atoms with Crippen LogP contribution in [-0.4, -0.2) is 18.8 Å². The summed E-state index contributed by atoms with van der Waals surface area (Å²) in [6, 6.07) is 4.64. The Kier molecular flexibility index (Phi) is 3.06. The van der Waals surface area contributed by atoms with E-state index in [0.29, 0.717) is 5.56 Å². The number of halogens is 2. The lowest BCUT2D eigenvalue weighted by Gasteiger charge is -2.19. The minimum absolute atomic E-state index is 0.101. The standard InChI is InChI=1S/C10H12F2O2/c1-7-4-3-5-8(14-2)9(7)10(11,12)6-13/h3-5,13H,6H2,1-2H3. The molecule has 0 heterocycles. The van der Waals surface area contributed by atoms with Crippen molar-refractivity contribution >= 4 is 0 Å². The normalized spacial score (nSPS) is 11.5. The predicted octanol–water partition coefficient (Wildman–Crippen LogP) is 2.09. The lowest BCUT2D eigenvalue weighted by molar-refractivity contribution is -0.0576. The van der Waals surface area contributed by atoms with Crippen molar-refractivity contribution in [2.24, 2.45) is 0 Å². The lowest BCUT2D eigenvalue weighted by Crippen LogP contribution is -2.20. The van der Waals surface area contributed by atoms with Crippen LogP contribution in [0.2, 0.25) is 0 Å². The molecule has 1 N–H and O–H groups in total. The van der Waals surface area contributed by atoms with Crippen molar-refractivity contribution in [3.05, 3.63) is 29.3 Å². The molecule has 0 saturated carbocycles. The Balaban J connectivity index is 3.30. The molecule has 0 unspecified atom stereocenters. The molecule has 1 rings (SSSR count). The Bertz CT molecular complexity index is 324. The highest BCUT2D eigenvalue weighted by Crippen LogP contribution is 2.36. The number of alkyl halides is 2. The molecule has 0 spiro atoms. The fourth-order valence-electron chi connectivity index (χ4n) is 1.36. The number of rotatable bonds is 3. The first-order valence-corrected chi connectivity index (χ1v) is 4.15. The number of hydrogen-bond donors (Lipinski definition) is 1. The largest absolute Gasteiger partial charge is 0.496 e. The third-order valence-corrected chi connectivity index (χ3v) is 2.02. The van der Waals surface area contributed by atoms with Gasteiger partial charge in [0.25, 0.3) is 5.92 Å². The van der Waals surface area contributed by atoms with Crippen LogP contribution in [0.4, 0.5) is 8.78 Å². The van der Waals surface area contributed by atoms with Crippen LogP contribution < -0.4 is 4.74 Å². The molecule has 4 heteroatoms. The summed E-state index contributed by atoms with van der Waals surface area (Å²) in [5, 5.41) is 8.59. The summed E-state index contributed by atoms with van der Waals surface area (Å²) in [7, 11) is 1.33. The van der Waals surface area contributed by atoms with Crippen molar-refractivity contribution in [3.8, 4) is 5.75 Å². The fourth-order valence-corrected chi connectivity index (χ4v) is 1.36. The van der Waals surface area contributed by atoms with E-state index in [4.69, 9.17) is 9.84 Å². The number of hydrogen-bond acceptors (Lipinski definition) is 2. The van der Waals surface area contributed by atoms with Crippen LogP contribution in [0.5, 0.6) is 5.75 Å². The average Bonchev–Trinajstić information content (AvgIpc) is 2.17. The van der Waals surface area contributed by atoms with Gasteiger partial charge in [-0.3, -0.25) is 0 Å². The van der Waals surface area contributed by atoms with Crippen LogP contribution in [0.3, 0.4) is 0 Å². The Labute approximate surface area is 81.1 Å². The molecule has 0 aliphatic carbocycles. The molecule has 0 atom stereocenters. The zero-order chi connectivity index (χ0) is 10.8. The summed E-state index contributed by atoms with van der Waals surface area (Å²) in [6.45, 7) is 0.343. The molecule has 0 aromatic heterocycles. The molecule has 0 fully saturated rings. The maximum Gasteiger partial charge on any atom is 0.299 e. The molecule has 0 amide bonds. The number of benzene rings is 1. The van der Waals surface area contributed by atoms with Crippen LogP contribution in [-0.2, 0) is 5.92 Å². The zero-order valence-corrected chi connectivity index (χ0v) is 8.05. The number of aryl methyl sites for hydroxylation is 1. The highest BCUT2D eigenvalue weighted by atomic mass is 19.3. The molecule has 0 saturated heterocycles. The molecule has 0 aliphatic heterocycles. The first-order valence-electron chi connectivity index (χ1n) is 4.15. The van der Waals surface area contributed by atoms with Gasteiger partial charge in [0, 0.05) is 0 Å². The van der Waals surface area contributed by atoms with Gasteiger partial charge in [-0.2, -0.15) is 8.78 Å². The van der Waals surface area contributed by atoms with Crippen molar-refractivity contribution in [1.82, 2.24) is 0 Å². The van der Waals surface area contributed by atoms with Gasteiger partial charge >= 0.3 is 0 Å². The van der Waals surface area contributed by atoms with Crippen molar-refractivity contribution in [3.63, 3.8) is 0 Å². The quantitative estimate of drug-likeness (QED) is 0.813. The maximum absolute atomic E-state index is 13.3. The van der Waals surface area contributed by atoms with Crippen LogP contribution >= 0.6 is 0 Å². The average molecular weight is 202 g/mol. The maximum atomic E-state index is 13.3. The minimum atomic E-state index is -3.25. The second-order valence-electron chi connectivity index (χ2n) is 3.01. The third kappa shape index (κ3) is 1.85. The van der Waals surface area contributed by atoms with Gasteiger partial charge in [-0.1, -0.05) is 12.1 Å². The topological polar surface area (TPSA) is 29.5 Å². The molecule has 14 heavy (non-hydrogen) atoms. The molecule has 2 nitrogen and oxygen atoms in total. The molecular formula is C10H12F2O2. The number of methoxy groups -OCH3 is 1. The van der Waals surface area contributed by atoms with E-state index in [1.807, 2.05) is 0 Å². The van der Waals surface area contributed by atoms with Gasteiger partial charge in [0.1, 0.15) is 12.4 Å². The van der Waals surface area contributed by atoms with E-state index in [0.717, 1.165) is 0 Å². The van der Waals surface area contributed by atoms with Gasteiger partial charge < -0.3 is 9.84 Å². The Morgan fingerprint density at radius 1 is 1.43 bits per heavy atom. The monoisotopic (exact) mass is 202 g/mol. The number of ether oxygens (including phenoxy) is 1. The molecule has 0 bridgehead atoms. The number of aliphatic hydroxyl groups is 1. The van der Waals surface area contributed by atoms with E-state index in [1.165, 1.54) is 13.2 Å². The Morgan fingerprint density at radius 3 is 2.57 bits per heavy atom. The summed E-state index contributed by atoms with van der Waals surface area (Å²) in [5.74, 6) is -3.15. The molecule has 0 radical (unpaired) electrons. The van der Waals surface area contributed by atoms with E-state index in [9.17, 15) is 8.78 Å². The fraction of sp³-hybridized carbons (Fsp3) is 0.400. The number of aliphatic hydroxyl groups excluding tert-OH is 1. The second-order valence-corrected chi connectivity index (χ2v) is 3.01. The van der Waals surface area contributed by atoms with Crippen molar-refractivity contribution in [2.45, 2.75) is 12.8 Å². The molecule has 0 aliphatic rings. The summed E-state index contributed by atoms with van der Waals surface area (Å²) in [4.78, 5) is 0. The highest BCUT2D eigenvalue weighted by Gasteiger charge is 2.35. The predicted molar refractivity (Wildman–Crippen MR) is 48.7 cm³/mol.